The zero-order valence-corrected chi connectivity index (χ0v) is 13.6. The number of fused-ring (bicyclic) bond motifs is 1. The molecular weight excluding hydrogens is 310 g/mol. The van der Waals surface area contributed by atoms with Crippen LogP contribution in [0.3, 0.4) is 0 Å². The van der Waals surface area contributed by atoms with Gasteiger partial charge in [-0.1, -0.05) is 6.07 Å². The van der Waals surface area contributed by atoms with Gasteiger partial charge in [0.25, 0.3) is 0 Å². The second-order valence-corrected chi connectivity index (χ2v) is 5.35. The maximum absolute atomic E-state index is 12.3. The van der Waals surface area contributed by atoms with Gasteiger partial charge in [0.1, 0.15) is 13.2 Å². The lowest BCUT2D eigenvalue weighted by Gasteiger charge is -2.21. The molecule has 1 aliphatic heterocycles. The number of aromatic nitrogens is 1. The van der Waals surface area contributed by atoms with Crippen molar-refractivity contribution in [1.29, 1.82) is 0 Å². The highest BCUT2D eigenvalue weighted by Crippen LogP contribution is 2.31. The van der Waals surface area contributed by atoms with Crippen LogP contribution in [0, 0.1) is 0 Å². The normalized spacial score (nSPS) is 12.4. The molecule has 0 fully saturated rings. The zero-order valence-electron chi connectivity index (χ0n) is 13.6. The van der Waals surface area contributed by atoms with Crippen LogP contribution in [-0.4, -0.2) is 43.3 Å². The van der Waals surface area contributed by atoms with Crippen molar-refractivity contribution in [2.75, 3.05) is 32.7 Å². The number of carbonyl (C=O) groups excluding carboxylic acids is 1. The predicted molar refractivity (Wildman–Crippen MR) is 88.7 cm³/mol. The Morgan fingerprint density at radius 2 is 2.04 bits per heavy atom. The van der Waals surface area contributed by atoms with E-state index in [2.05, 4.69) is 10.3 Å². The number of rotatable bonds is 4. The highest BCUT2D eigenvalue weighted by Gasteiger charge is 2.14. The molecule has 0 spiro atoms. The highest BCUT2D eigenvalue weighted by atomic mass is 16.6. The Labute approximate surface area is 140 Å². The van der Waals surface area contributed by atoms with E-state index < -0.39 is 0 Å². The quantitative estimate of drug-likeness (QED) is 0.933. The van der Waals surface area contributed by atoms with Crippen LogP contribution in [0.15, 0.2) is 36.5 Å². The van der Waals surface area contributed by atoms with Crippen LogP contribution in [0.5, 0.6) is 17.4 Å². The number of hydrogen-bond donors (Lipinski definition) is 1. The summed E-state index contributed by atoms with van der Waals surface area (Å²) in [6.45, 7) is 1.55. The first kappa shape index (κ1) is 15.9. The number of hydrogen-bond acceptors (Lipinski definition) is 5. The standard InChI is InChI=1S/C17H19N3O4/c1-20(17(21)19-13-4-6-16(22-2)18-10-13)11-12-3-5-14-15(9-12)24-8-7-23-14/h3-6,9-10H,7-8,11H2,1-2H3,(H,19,21). The first-order chi connectivity index (χ1) is 11.7. The van der Waals surface area contributed by atoms with E-state index in [1.807, 2.05) is 18.2 Å². The zero-order chi connectivity index (χ0) is 16.9. The molecule has 0 saturated heterocycles. The van der Waals surface area contributed by atoms with Crippen LogP contribution in [0.1, 0.15) is 5.56 Å². The molecule has 24 heavy (non-hydrogen) atoms. The Hall–Kier alpha value is -2.96. The fourth-order valence-electron chi connectivity index (χ4n) is 2.33. The van der Waals surface area contributed by atoms with E-state index in [1.54, 1.807) is 37.4 Å². The van der Waals surface area contributed by atoms with Crippen molar-refractivity contribution in [3.05, 3.63) is 42.1 Å². The molecule has 3 rings (SSSR count). The first-order valence-electron chi connectivity index (χ1n) is 7.56. The summed E-state index contributed by atoms with van der Waals surface area (Å²) in [5.74, 6) is 1.95. The Morgan fingerprint density at radius 1 is 1.25 bits per heavy atom. The monoisotopic (exact) mass is 329 g/mol. The maximum atomic E-state index is 12.3. The van der Waals surface area contributed by atoms with Crippen molar-refractivity contribution in [3.8, 4) is 17.4 Å². The minimum Gasteiger partial charge on any atom is -0.486 e. The number of nitrogens with zero attached hydrogens (tertiary/aromatic N) is 2. The van der Waals surface area contributed by atoms with Crippen LogP contribution in [0.4, 0.5) is 10.5 Å². The van der Waals surface area contributed by atoms with Gasteiger partial charge >= 0.3 is 6.03 Å². The summed E-state index contributed by atoms with van der Waals surface area (Å²) in [4.78, 5) is 17.9. The smallest absolute Gasteiger partial charge is 0.321 e. The van der Waals surface area contributed by atoms with Crippen molar-refractivity contribution in [2.45, 2.75) is 6.54 Å². The van der Waals surface area contributed by atoms with Crippen molar-refractivity contribution in [2.24, 2.45) is 0 Å². The molecule has 2 heterocycles. The molecule has 126 valence electrons. The minimum atomic E-state index is -0.225. The van der Waals surface area contributed by atoms with Crippen molar-refractivity contribution in [3.63, 3.8) is 0 Å². The number of urea groups is 1. The largest absolute Gasteiger partial charge is 0.486 e. The van der Waals surface area contributed by atoms with E-state index in [-0.39, 0.29) is 6.03 Å². The number of pyridine rings is 1. The molecule has 1 N–H and O–H groups in total. The molecule has 1 aromatic heterocycles. The fraction of sp³-hybridized carbons (Fsp3) is 0.294. The predicted octanol–water partition coefficient (Wildman–Crippen LogP) is 2.53. The highest BCUT2D eigenvalue weighted by molar-refractivity contribution is 5.88. The summed E-state index contributed by atoms with van der Waals surface area (Å²) in [6.07, 6.45) is 1.55. The molecule has 1 aliphatic rings. The summed E-state index contributed by atoms with van der Waals surface area (Å²) >= 11 is 0. The third kappa shape index (κ3) is 3.68. The Bertz CT molecular complexity index is 718. The number of nitrogens with one attached hydrogen (secondary N) is 1. The number of anilines is 1. The van der Waals surface area contributed by atoms with Crippen LogP contribution in [0.2, 0.25) is 0 Å². The van der Waals surface area contributed by atoms with Gasteiger partial charge in [0.2, 0.25) is 5.88 Å². The van der Waals surface area contributed by atoms with E-state index in [1.165, 1.54) is 0 Å². The third-order valence-corrected chi connectivity index (χ3v) is 3.57. The topological polar surface area (TPSA) is 72.9 Å². The van der Waals surface area contributed by atoms with Gasteiger partial charge in [0.05, 0.1) is 19.0 Å². The van der Waals surface area contributed by atoms with Gasteiger partial charge in [-0.05, 0) is 23.8 Å². The number of carbonyl (C=O) groups is 1. The molecule has 0 radical (unpaired) electrons. The summed E-state index contributed by atoms with van der Waals surface area (Å²) < 4.78 is 16.0. The van der Waals surface area contributed by atoms with E-state index in [0.29, 0.717) is 37.1 Å². The lowest BCUT2D eigenvalue weighted by molar-refractivity contribution is 0.171. The molecule has 0 saturated carbocycles. The fourth-order valence-corrected chi connectivity index (χ4v) is 2.33. The summed E-state index contributed by atoms with van der Waals surface area (Å²) in [5, 5.41) is 2.79. The van der Waals surface area contributed by atoms with Gasteiger partial charge in [0, 0.05) is 19.7 Å². The number of amides is 2. The number of methoxy groups -OCH3 is 1. The van der Waals surface area contributed by atoms with Gasteiger partial charge in [-0.15, -0.1) is 0 Å². The Balaban J connectivity index is 1.61. The van der Waals surface area contributed by atoms with Gasteiger partial charge in [-0.2, -0.15) is 0 Å². The second kappa shape index (κ2) is 7.08. The average molecular weight is 329 g/mol. The summed E-state index contributed by atoms with van der Waals surface area (Å²) in [5.41, 5.74) is 1.57. The van der Waals surface area contributed by atoms with Gasteiger partial charge < -0.3 is 24.4 Å². The molecular formula is C17H19N3O4. The summed E-state index contributed by atoms with van der Waals surface area (Å²) in [7, 11) is 3.27. The van der Waals surface area contributed by atoms with Crippen LogP contribution in [0.25, 0.3) is 0 Å². The molecule has 0 unspecified atom stereocenters. The molecule has 7 heteroatoms. The maximum Gasteiger partial charge on any atom is 0.321 e. The van der Waals surface area contributed by atoms with E-state index in [9.17, 15) is 4.79 Å². The van der Waals surface area contributed by atoms with Crippen molar-refractivity contribution >= 4 is 11.7 Å². The molecule has 0 atom stereocenters. The molecule has 0 bridgehead atoms. The lowest BCUT2D eigenvalue weighted by Crippen LogP contribution is -2.30. The first-order valence-corrected chi connectivity index (χ1v) is 7.56. The summed E-state index contributed by atoms with van der Waals surface area (Å²) in [6, 6.07) is 8.89. The molecule has 0 aliphatic carbocycles. The molecule has 2 amide bonds. The second-order valence-electron chi connectivity index (χ2n) is 5.35. The number of benzene rings is 1. The Morgan fingerprint density at radius 3 is 2.75 bits per heavy atom. The lowest BCUT2D eigenvalue weighted by atomic mass is 10.2. The van der Waals surface area contributed by atoms with Gasteiger partial charge in [-0.3, -0.25) is 0 Å². The number of ether oxygens (including phenoxy) is 3. The molecule has 2 aromatic rings. The van der Waals surface area contributed by atoms with E-state index in [4.69, 9.17) is 14.2 Å². The van der Waals surface area contributed by atoms with E-state index >= 15 is 0 Å². The minimum absolute atomic E-state index is 0.225. The van der Waals surface area contributed by atoms with Gasteiger partial charge in [0.15, 0.2) is 11.5 Å². The SMILES string of the molecule is COc1ccc(NC(=O)N(C)Cc2ccc3c(c2)OCCO3)cn1. The van der Waals surface area contributed by atoms with Crippen molar-refractivity contribution < 1.29 is 19.0 Å². The molecule has 7 nitrogen and oxygen atoms in total. The third-order valence-electron chi connectivity index (χ3n) is 3.57. The van der Waals surface area contributed by atoms with Crippen LogP contribution >= 0.6 is 0 Å². The van der Waals surface area contributed by atoms with Crippen LogP contribution < -0.4 is 19.5 Å². The van der Waals surface area contributed by atoms with Gasteiger partial charge in [-0.25, -0.2) is 9.78 Å². The van der Waals surface area contributed by atoms with Crippen LogP contribution in [-0.2, 0) is 6.54 Å². The van der Waals surface area contributed by atoms with E-state index in [0.717, 1.165) is 11.3 Å². The molecule has 1 aromatic carbocycles. The Kier molecular flexibility index (Phi) is 4.69. The van der Waals surface area contributed by atoms with Crippen molar-refractivity contribution in [1.82, 2.24) is 9.88 Å². The average Bonchev–Trinajstić information content (AvgIpc) is 2.62.